The number of benzene rings is 1. The summed E-state index contributed by atoms with van der Waals surface area (Å²) in [5, 5.41) is 11.4. The molecule has 2 amide bonds. The number of aromatic nitrogens is 1. The van der Waals surface area contributed by atoms with Crippen LogP contribution in [0.1, 0.15) is 37.8 Å². The van der Waals surface area contributed by atoms with Crippen molar-refractivity contribution in [1.29, 1.82) is 5.26 Å². The highest BCUT2D eigenvalue weighted by Gasteiger charge is 2.64. The molecule has 5 rings (SSSR count). The molecule has 2 saturated carbocycles. The largest absolute Gasteiger partial charge is 0.304 e. The molecular weight excluding hydrogens is 549 g/mol. The Morgan fingerprint density at radius 2 is 1.86 bits per heavy atom. The molecule has 37 heavy (non-hydrogen) atoms. The van der Waals surface area contributed by atoms with Gasteiger partial charge in [0.2, 0.25) is 11.8 Å². The highest BCUT2D eigenvalue weighted by atomic mass is 35.5. The summed E-state index contributed by atoms with van der Waals surface area (Å²) in [4.78, 5) is 32.1. The number of amides is 2. The first-order chi connectivity index (χ1) is 17.4. The molecule has 2 heterocycles. The van der Waals surface area contributed by atoms with Gasteiger partial charge < -0.3 is 5.32 Å². The molecule has 1 saturated heterocycles. The number of hydrogen-bond acceptors (Lipinski definition) is 7. The fourth-order valence-corrected chi connectivity index (χ4v) is 7.18. The minimum atomic E-state index is -4.05. The zero-order valence-electron chi connectivity index (χ0n) is 19.2. The normalized spacial score (nSPS) is 23.2. The molecular formula is C24H20Cl2F2N4O4S. The van der Waals surface area contributed by atoms with Crippen LogP contribution < -0.4 is 5.32 Å². The van der Waals surface area contributed by atoms with Crippen LogP contribution >= 0.6 is 23.2 Å². The van der Waals surface area contributed by atoms with E-state index in [1.165, 1.54) is 6.20 Å². The molecule has 3 aliphatic rings. The van der Waals surface area contributed by atoms with Crippen molar-refractivity contribution in [3.05, 3.63) is 57.8 Å². The lowest BCUT2D eigenvalue weighted by atomic mass is 9.96. The monoisotopic (exact) mass is 568 g/mol. The van der Waals surface area contributed by atoms with E-state index in [1.807, 2.05) is 6.07 Å². The molecule has 2 aliphatic carbocycles. The summed E-state index contributed by atoms with van der Waals surface area (Å²) < 4.78 is 54.5. The maximum atomic E-state index is 14.7. The molecule has 0 radical (unpaired) electrons. The summed E-state index contributed by atoms with van der Waals surface area (Å²) >= 11 is 11.8. The van der Waals surface area contributed by atoms with Crippen LogP contribution in [-0.2, 0) is 24.8 Å². The van der Waals surface area contributed by atoms with Crippen LogP contribution in [0, 0.1) is 23.0 Å². The second kappa shape index (κ2) is 8.98. The predicted molar refractivity (Wildman–Crippen MR) is 128 cm³/mol. The number of rotatable bonds is 6. The minimum Gasteiger partial charge on any atom is -0.304 e. The summed E-state index contributed by atoms with van der Waals surface area (Å²) in [5.74, 6) is -2.97. The van der Waals surface area contributed by atoms with E-state index in [-0.39, 0.29) is 59.3 Å². The Morgan fingerprint density at radius 3 is 2.43 bits per heavy atom. The van der Waals surface area contributed by atoms with Crippen molar-refractivity contribution in [3.8, 4) is 6.07 Å². The number of sulfone groups is 1. The third-order valence-electron chi connectivity index (χ3n) is 7.23. The number of hydrogen-bond donors (Lipinski definition) is 1. The van der Waals surface area contributed by atoms with Gasteiger partial charge in [-0.1, -0.05) is 23.2 Å². The van der Waals surface area contributed by atoms with Gasteiger partial charge in [0, 0.05) is 12.7 Å². The highest BCUT2D eigenvalue weighted by molar-refractivity contribution is 7.92. The summed E-state index contributed by atoms with van der Waals surface area (Å²) in [5.41, 5.74) is -2.92. The Labute approximate surface area is 221 Å². The first-order valence-electron chi connectivity index (χ1n) is 11.5. The number of carbonyl (C=O) groups excluding carboxylic acids is 2. The zero-order chi connectivity index (χ0) is 26.8. The van der Waals surface area contributed by atoms with Gasteiger partial charge in [-0.2, -0.15) is 5.26 Å². The molecule has 8 nitrogen and oxygen atoms in total. The van der Waals surface area contributed by atoms with Gasteiger partial charge in [-0.15, -0.1) is 0 Å². The SMILES string of the molecule is N#CC1(N(C(=O)[C@@H]2C[C@@H](S(=O)(=O)c3ccc(F)cc3Cl)CN2)C(=O)C2(c3ncc(Cl)cc3F)CC2)CC1. The average molecular weight is 569 g/mol. The molecule has 1 N–H and O–H groups in total. The van der Waals surface area contributed by atoms with Gasteiger partial charge in [0.15, 0.2) is 9.84 Å². The number of halogens is 4. The van der Waals surface area contributed by atoms with Crippen LogP contribution in [0.25, 0.3) is 0 Å². The molecule has 0 spiro atoms. The fraction of sp³-hybridized carbons (Fsp3) is 0.417. The number of pyridine rings is 1. The van der Waals surface area contributed by atoms with E-state index in [9.17, 15) is 32.0 Å². The molecule has 13 heteroatoms. The smallest absolute Gasteiger partial charge is 0.247 e. The zero-order valence-corrected chi connectivity index (χ0v) is 21.5. The standard InChI is InChI=1S/C24H20Cl2F2N4O4S/c25-13-7-17(28)20(31-10-13)24(5-6-24)22(34)32(23(12-29)3-4-23)21(33)18-9-15(11-30-18)37(35,36)19-2-1-14(27)8-16(19)26/h1-2,7-8,10,15,18,30H,3-6,9,11H2/t15-,18+/m1/s1. The highest BCUT2D eigenvalue weighted by Crippen LogP contribution is 2.53. The van der Waals surface area contributed by atoms with Crippen LogP contribution in [0.5, 0.6) is 0 Å². The number of nitrogens with one attached hydrogen (secondary N) is 1. The third kappa shape index (κ3) is 4.30. The van der Waals surface area contributed by atoms with Crippen molar-refractivity contribution < 1.29 is 26.8 Å². The maximum Gasteiger partial charge on any atom is 0.247 e. The molecule has 1 aromatic heterocycles. The number of imide groups is 1. The van der Waals surface area contributed by atoms with Gasteiger partial charge >= 0.3 is 0 Å². The lowest BCUT2D eigenvalue weighted by molar-refractivity contribution is -0.150. The minimum absolute atomic E-state index is 0.0526. The Morgan fingerprint density at radius 1 is 1.16 bits per heavy atom. The second-order valence-electron chi connectivity index (χ2n) is 9.63. The van der Waals surface area contributed by atoms with Gasteiger partial charge in [0.05, 0.1) is 43.4 Å². The molecule has 2 atom stereocenters. The van der Waals surface area contributed by atoms with E-state index < -0.39 is 55.5 Å². The number of carbonyl (C=O) groups is 2. The van der Waals surface area contributed by atoms with E-state index in [1.54, 1.807) is 0 Å². The molecule has 194 valence electrons. The molecule has 3 fully saturated rings. The van der Waals surface area contributed by atoms with Crippen LogP contribution in [0.2, 0.25) is 10.0 Å². The van der Waals surface area contributed by atoms with Gasteiger partial charge in [0.1, 0.15) is 17.2 Å². The van der Waals surface area contributed by atoms with Crippen LogP contribution in [0.4, 0.5) is 8.78 Å². The molecule has 1 aliphatic heterocycles. The van der Waals surface area contributed by atoms with Crippen molar-refractivity contribution in [2.75, 3.05) is 6.54 Å². The number of nitriles is 1. The summed E-state index contributed by atoms with van der Waals surface area (Å²) in [6, 6.07) is 4.93. The van der Waals surface area contributed by atoms with E-state index >= 15 is 0 Å². The second-order valence-corrected chi connectivity index (χ2v) is 12.7. The average Bonchev–Trinajstić information content (AvgIpc) is 3.75. The number of nitrogens with zero attached hydrogens (tertiary/aromatic N) is 3. The first-order valence-corrected chi connectivity index (χ1v) is 13.8. The maximum absolute atomic E-state index is 14.7. The van der Waals surface area contributed by atoms with Gasteiger partial charge in [-0.3, -0.25) is 19.5 Å². The van der Waals surface area contributed by atoms with E-state index in [4.69, 9.17) is 23.2 Å². The lowest BCUT2D eigenvalue weighted by Gasteiger charge is -2.31. The Balaban J connectivity index is 1.43. The van der Waals surface area contributed by atoms with Gasteiger partial charge in [-0.05, 0) is 56.4 Å². The Hall–Kier alpha value is -2.65. The van der Waals surface area contributed by atoms with Crippen molar-refractivity contribution in [2.45, 2.75) is 59.2 Å². The molecule has 1 aromatic carbocycles. The van der Waals surface area contributed by atoms with Crippen molar-refractivity contribution >= 4 is 44.9 Å². The van der Waals surface area contributed by atoms with Gasteiger partial charge in [-0.25, -0.2) is 17.2 Å². The summed E-state index contributed by atoms with van der Waals surface area (Å²) in [6.07, 6.45) is 2.01. The van der Waals surface area contributed by atoms with Crippen molar-refractivity contribution in [3.63, 3.8) is 0 Å². The van der Waals surface area contributed by atoms with E-state index in [2.05, 4.69) is 10.3 Å². The lowest BCUT2D eigenvalue weighted by Crippen LogP contribution is -2.55. The topological polar surface area (TPSA) is 120 Å². The quantitative estimate of drug-likeness (QED) is 0.419. The molecule has 2 aromatic rings. The predicted octanol–water partition coefficient (Wildman–Crippen LogP) is 3.31. The Kier molecular flexibility index (Phi) is 6.30. The molecule has 0 bridgehead atoms. The molecule has 0 unspecified atom stereocenters. The van der Waals surface area contributed by atoms with E-state index in [0.29, 0.717) is 0 Å². The fourth-order valence-electron chi connectivity index (χ4n) is 4.84. The van der Waals surface area contributed by atoms with E-state index in [0.717, 1.165) is 29.2 Å². The van der Waals surface area contributed by atoms with Crippen molar-refractivity contribution in [1.82, 2.24) is 15.2 Å². The Bertz CT molecular complexity index is 1470. The van der Waals surface area contributed by atoms with Gasteiger partial charge in [0.25, 0.3) is 0 Å². The van der Waals surface area contributed by atoms with Crippen LogP contribution in [0.3, 0.4) is 0 Å². The van der Waals surface area contributed by atoms with Crippen molar-refractivity contribution in [2.24, 2.45) is 0 Å². The third-order valence-corrected chi connectivity index (χ3v) is 10.1. The van der Waals surface area contributed by atoms with Crippen LogP contribution in [0.15, 0.2) is 35.4 Å². The summed E-state index contributed by atoms with van der Waals surface area (Å²) in [6.45, 7) is -0.119. The first kappa shape index (κ1) is 26.0. The summed E-state index contributed by atoms with van der Waals surface area (Å²) in [7, 11) is -4.05. The van der Waals surface area contributed by atoms with Crippen LogP contribution in [-0.4, -0.2) is 53.5 Å².